The second-order valence-electron chi connectivity index (χ2n) is 7.38. The van der Waals surface area contributed by atoms with Crippen LogP contribution in [0.1, 0.15) is 44.1 Å². The third kappa shape index (κ3) is 5.70. The second-order valence-corrected chi connectivity index (χ2v) is 7.38. The van der Waals surface area contributed by atoms with E-state index in [1.165, 1.54) is 0 Å². The van der Waals surface area contributed by atoms with Gasteiger partial charge in [0.25, 0.3) is 0 Å². The molecule has 0 unspecified atom stereocenters. The molecule has 1 aromatic carbocycles. The lowest BCUT2D eigenvalue weighted by Crippen LogP contribution is -2.47. The maximum Gasteiger partial charge on any atom is 0.227 e. The van der Waals surface area contributed by atoms with Crippen molar-refractivity contribution in [2.75, 3.05) is 26.8 Å². The highest BCUT2D eigenvalue weighted by molar-refractivity contribution is 5.80. The molecule has 0 aromatic heterocycles. The second kappa shape index (κ2) is 9.74. The van der Waals surface area contributed by atoms with Crippen LogP contribution in [0.25, 0.3) is 0 Å². The summed E-state index contributed by atoms with van der Waals surface area (Å²) in [6, 6.07) is 7.79. The van der Waals surface area contributed by atoms with E-state index in [2.05, 4.69) is 5.32 Å². The summed E-state index contributed by atoms with van der Waals surface area (Å²) >= 11 is 0. The lowest BCUT2D eigenvalue weighted by Gasteiger charge is -2.32. The summed E-state index contributed by atoms with van der Waals surface area (Å²) in [6.45, 7) is 2.20. The van der Waals surface area contributed by atoms with Crippen LogP contribution in [0.3, 0.4) is 0 Å². The Bertz CT molecular complexity index is 635. The number of ether oxygens (including phenoxy) is 2. The summed E-state index contributed by atoms with van der Waals surface area (Å²) in [7, 11) is 1.62. The van der Waals surface area contributed by atoms with Crippen LogP contribution in [0, 0.1) is 0 Å². The highest BCUT2D eigenvalue weighted by atomic mass is 16.5. The van der Waals surface area contributed by atoms with Crippen LogP contribution in [0.5, 0.6) is 5.75 Å². The van der Waals surface area contributed by atoms with Crippen molar-refractivity contribution in [2.24, 2.45) is 0 Å². The SMILES string of the molecule is COc1ccccc1CC(=O)N1CCC(NC(=O)CC[C@H]2CCCO2)CC1. The van der Waals surface area contributed by atoms with Gasteiger partial charge >= 0.3 is 0 Å². The fraction of sp³-hybridized carbons (Fsp3) is 0.619. The van der Waals surface area contributed by atoms with Gasteiger partial charge < -0.3 is 19.7 Å². The minimum Gasteiger partial charge on any atom is -0.496 e. The number of methoxy groups -OCH3 is 1. The molecular weight excluding hydrogens is 344 g/mol. The highest BCUT2D eigenvalue weighted by Gasteiger charge is 2.25. The molecule has 2 saturated heterocycles. The van der Waals surface area contributed by atoms with E-state index in [-0.39, 0.29) is 24.0 Å². The molecule has 2 heterocycles. The first-order valence-corrected chi connectivity index (χ1v) is 9.96. The van der Waals surface area contributed by atoms with Crippen molar-refractivity contribution in [3.63, 3.8) is 0 Å². The molecule has 3 rings (SSSR count). The van der Waals surface area contributed by atoms with E-state index in [0.29, 0.717) is 25.9 Å². The average Bonchev–Trinajstić information content (AvgIpc) is 3.21. The number of amides is 2. The molecule has 1 aromatic rings. The summed E-state index contributed by atoms with van der Waals surface area (Å²) in [6.07, 6.45) is 5.73. The number of para-hydroxylation sites is 1. The Balaban J connectivity index is 1.39. The average molecular weight is 374 g/mol. The summed E-state index contributed by atoms with van der Waals surface area (Å²) in [5.41, 5.74) is 0.912. The first-order valence-electron chi connectivity index (χ1n) is 9.96. The highest BCUT2D eigenvalue weighted by Crippen LogP contribution is 2.20. The molecule has 2 fully saturated rings. The molecule has 6 heteroatoms. The first kappa shape index (κ1) is 19.7. The number of likely N-dealkylation sites (tertiary alicyclic amines) is 1. The zero-order chi connectivity index (χ0) is 19.1. The molecule has 2 aliphatic heterocycles. The van der Waals surface area contributed by atoms with E-state index in [9.17, 15) is 9.59 Å². The van der Waals surface area contributed by atoms with E-state index in [1.54, 1.807) is 7.11 Å². The Morgan fingerprint density at radius 3 is 2.70 bits per heavy atom. The van der Waals surface area contributed by atoms with Gasteiger partial charge in [-0.05, 0) is 38.2 Å². The largest absolute Gasteiger partial charge is 0.496 e. The number of hydrogen-bond acceptors (Lipinski definition) is 4. The standard InChI is InChI=1S/C21H30N2O4/c1-26-19-7-3-2-5-16(19)15-21(25)23-12-10-17(11-13-23)22-20(24)9-8-18-6-4-14-27-18/h2-3,5,7,17-18H,4,6,8-15H2,1H3,(H,22,24)/t18-/m1/s1. The molecule has 1 N–H and O–H groups in total. The molecule has 2 aliphatic rings. The number of carbonyl (C=O) groups excluding carboxylic acids is 2. The maximum atomic E-state index is 12.6. The zero-order valence-corrected chi connectivity index (χ0v) is 16.1. The Morgan fingerprint density at radius 2 is 2.00 bits per heavy atom. The van der Waals surface area contributed by atoms with Gasteiger partial charge in [0.15, 0.2) is 0 Å². The topological polar surface area (TPSA) is 67.9 Å². The van der Waals surface area contributed by atoms with Gasteiger partial charge in [0.2, 0.25) is 11.8 Å². The minimum absolute atomic E-state index is 0.101. The van der Waals surface area contributed by atoms with Crippen molar-refractivity contribution < 1.29 is 19.1 Å². The van der Waals surface area contributed by atoms with Gasteiger partial charge in [0, 0.05) is 37.7 Å². The lowest BCUT2D eigenvalue weighted by molar-refractivity contribution is -0.131. The predicted octanol–water partition coefficient (Wildman–Crippen LogP) is 2.30. The molecule has 6 nitrogen and oxygen atoms in total. The Morgan fingerprint density at radius 1 is 1.22 bits per heavy atom. The van der Waals surface area contributed by atoms with E-state index < -0.39 is 0 Å². The van der Waals surface area contributed by atoms with Gasteiger partial charge in [-0.15, -0.1) is 0 Å². The first-order chi connectivity index (χ1) is 13.2. The van der Waals surface area contributed by atoms with Gasteiger partial charge in [0.05, 0.1) is 19.6 Å². The monoisotopic (exact) mass is 374 g/mol. The number of benzene rings is 1. The zero-order valence-electron chi connectivity index (χ0n) is 16.1. The third-order valence-electron chi connectivity index (χ3n) is 5.46. The molecule has 27 heavy (non-hydrogen) atoms. The van der Waals surface area contributed by atoms with Crippen LogP contribution in [-0.2, 0) is 20.7 Å². The Kier molecular flexibility index (Phi) is 7.10. The molecule has 1 atom stereocenters. The molecule has 0 bridgehead atoms. The summed E-state index contributed by atoms with van der Waals surface area (Å²) in [5.74, 6) is 0.964. The molecular formula is C21H30N2O4. The van der Waals surface area contributed by atoms with Gasteiger partial charge in [0.1, 0.15) is 5.75 Å². The molecule has 0 spiro atoms. The van der Waals surface area contributed by atoms with E-state index in [4.69, 9.17) is 9.47 Å². The van der Waals surface area contributed by atoms with Gasteiger partial charge in [-0.2, -0.15) is 0 Å². The van der Waals surface area contributed by atoms with Crippen LogP contribution in [0.2, 0.25) is 0 Å². The van der Waals surface area contributed by atoms with Crippen LogP contribution in [0.4, 0.5) is 0 Å². The number of nitrogens with zero attached hydrogens (tertiary/aromatic N) is 1. The number of nitrogens with one attached hydrogen (secondary N) is 1. The van der Waals surface area contributed by atoms with Crippen molar-refractivity contribution in [3.8, 4) is 5.75 Å². The number of rotatable bonds is 7. The number of hydrogen-bond donors (Lipinski definition) is 1. The predicted molar refractivity (Wildman–Crippen MR) is 103 cm³/mol. The summed E-state index contributed by atoms with van der Waals surface area (Å²) in [4.78, 5) is 26.6. The fourth-order valence-electron chi connectivity index (χ4n) is 3.86. The summed E-state index contributed by atoms with van der Waals surface area (Å²) in [5, 5.41) is 3.12. The minimum atomic E-state index is 0.101. The van der Waals surface area contributed by atoms with Crippen LogP contribution in [0.15, 0.2) is 24.3 Å². The van der Waals surface area contributed by atoms with Crippen LogP contribution < -0.4 is 10.1 Å². The van der Waals surface area contributed by atoms with Crippen molar-refractivity contribution in [3.05, 3.63) is 29.8 Å². The van der Waals surface area contributed by atoms with Gasteiger partial charge in [-0.3, -0.25) is 9.59 Å². The Labute approximate surface area is 161 Å². The normalized spacial score (nSPS) is 20.5. The van der Waals surface area contributed by atoms with Crippen molar-refractivity contribution in [1.29, 1.82) is 0 Å². The smallest absolute Gasteiger partial charge is 0.227 e. The van der Waals surface area contributed by atoms with Crippen LogP contribution >= 0.6 is 0 Å². The molecule has 0 saturated carbocycles. The Hall–Kier alpha value is -2.08. The van der Waals surface area contributed by atoms with Crippen molar-refractivity contribution in [1.82, 2.24) is 10.2 Å². The summed E-state index contributed by atoms with van der Waals surface area (Å²) < 4.78 is 10.9. The lowest BCUT2D eigenvalue weighted by atomic mass is 10.0. The molecule has 2 amide bonds. The number of carbonyl (C=O) groups is 2. The van der Waals surface area contributed by atoms with E-state index in [0.717, 1.165) is 50.0 Å². The molecule has 0 aliphatic carbocycles. The molecule has 0 radical (unpaired) electrons. The maximum absolute atomic E-state index is 12.6. The molecule has 148 valence electrons. The van der Waals surface area contributed by atoms with E-state index in [1.807, 2.05) is 29.2 Å². The van der Waals surface area contributed by atoms with Crippen molar-refractivity contribution in [2.45, 2.75) is 57.1 Å². The number of piperidine rings is 1. The fourth-order valence-corrected chi connectivity index (χ4v) is 3.86. The van der Waals surface area contributed by atoms with Gasteiger partial charge in [-0.1, -0.05) is 18.2 Å². The van der Waals surface area contributed by atoms with Crippen LogP contribution in [-0.4, -0.2) is 55.7 Å². The van der Waals surface area contributed by atoms with Gasteiger partial charge in [-0.25, -0.2) is 0 Å². The quantitative estimate of drug-likeness (QED) is 0.795. The van der Waals surface area contributed by atoms with Crippen molar-refractivity contribution >= 4 is 11.8 Å². The third-order valence-corrected chi connectivity index (χ3v) is 5.46. The van der Waals surface area contributed by atoms with E-state index >= 15 is 0 Å².